The number of rotatable bonds is 3. The number of hydrogen-bond acceptors (Lipinski definition) is 1. The molecule has 1 aromatic rings. The van der Waals surface area contributed by atoms with Crippen LogP contribution < -0.4 is 4.90 Å². The SMILES string of the molecule is CC/C=C\N(C)c1ccc(C)c(Cl)c1. The summed E-state index contributed by atoms with van der Waals surface area (Å²) in [6.45, 7) is 4.13. The van der Waals surface area contributed by atoms with E-state index in [2.05, 4.69) is 30.2 Å². The molecular weight excluding hydrogens is 194 g/mol. The van der Waals surface area contributed by atoms with Gasteiger partial charge >= 0.3 is 0 Å². The molecule has 0 aliphatic heterocycles. The van der Waals surface area contributed by atoms with Crippen molar-refractivity contribution in [1.82, 2.24) is 0 Å². The van der Waals surface area contributed by atoms with Crippen LogP contribution >= 0.6 is 11.6 Å². The highest BCUT2D eigenvalue weighted by atomic mass is 35.5. The Morgan fingerprint density at radius 2 is 2.14 bits per heavy atom. The fourth-order valence-corrected chi connectivity index (χ4v) is 1.33. The van der Waals surface area contributed by atoms with Gasteiger partial charge in [-0.15, -0.1) is 0 Å². The van der Waals surface area contributed by atoms with Crippen molar-refractivity contribution in [2.75, 3.05) is 11.9 Å². The molecule has 14 heavy (non-hydrogen) atoms. The largest absolute Gasteiger partial charge is 0.351 e. The summed E-state index contributed by atoms with van der Waals surface area (Å²) < 4.78 is 0. The number of hydrogen-bond donors (Lipinski definition) is 0. The molecule has 0 atom stereocenters. The molecule has 0 saturated heterocycles. The molecule has 0 aromatic heterocycles. The summed E-state index contributed by atoms with van der Waals surface area (Å²) in [6.07, 6.45) is 5.22. The fraction of sp³-hybridized carbons (Fsp3) is 0.333. The molecular formula is C12H16ClN. The van der Waals surface area contributed by atoms with Crippen LogP contribution in [0.25, 0.3) is 0 Å². The van der Waals surface area contributed by atoms with Crippen LogP contribution in [0.5, 0.6) is 0 Å². The Labute approximate surface area is 91.0 Å². The third kappa shape index (κ3) is 2.78. The van der Waals surface area contributed by atoms with Crippen molar-refractivity contribution in [1.29, 1.82) is 0 Å². The molecule has 0 radical (unpaired) electrons. The van der Waals surface area contributed by atoms with Crippen LogP contribution in [0.15, 0.2) is 30.5 Å². The molecule has 0 unspecified atom stereocenters. The lowest BCUT2D eigenvalue weighted by Gasteiger charge is -2.14. The maximum Gasteiger partial charge on any atom is 0.0455 e. The zero-order valence-corrected chi connectivity index (χ0v) is 9.67. The Kier molecular flexibility index (Phi) is 4.02. The van der Waals surface area contributed by atoms with Crippen LogP contribution in [0.2, 0.25) is 5.02 Å². The molecule has 76 valence electrons. The summed E-state index contributed by atoms with van der Waals surface area (Å²) in [6, 6.07) is 6.09. The van der Waals surface area contributed by atoms with E-state index in [9.17, 15) is 0 Å². The van der Waals surface area contributed by atoms with E-state index in [1.54, 1.807) is 0 Å². The molecule has 0 N–H and O–H groups in total. The zero-order valence-electron chi connectivity index (χ0n) is 8.92. The van der Waals surface area contributed by atoms with Crippen LogP contribution in [0, 0.1) is 6.92 Å². The molecule has 0 amide bonds. The maximum absolute atomic E-state index is 6.04. The molecule has 1 rings (SSSR count). The first kappa shape index (κ1) is 11.1. The van der Waals surface area contributed by atoms with Gasteiger partial charge in [0.2, 0.25) is 0 Å². The second-order valence-electron chi connectivity index (χ2n) is 3.34. The molecule has 0 spiro atoms. The van der Waals surface area contributed by atoms with Gasteiger partial charge in [0, 0.05) is 17.8 Å². The highest BCUT2D eigenvalue weighted by molar-refractivity contribution is 6.31. The van der Waals surface area contributed by atoms with Gasteiger partial charge < -0.3 is 4.90 Å². The van der Waals surface area contributed by atoms with Crippen molar-refractivity contribution in [3.8, 4) is 0 Å². The Balaban J connectivity index is 2.85. The molecule has 1 nitrogen and oxygen atoms in total. The van der Waals surface area contributed by atoms with Crippen LogP contribution in [0.3, 0.4) is 0 Å². The van der Waals surface area contributed by atoms with E-state index < -0.39 is 0 Å². The lowest BCUT2D eigenvalue weighted by molar-refractivity contribution is 1.15. The molecule has 0 fully saturated rings. The predicted molar refractivity (Wildman–Crippen MR) is 64.0 cm³/mol. The molecule has 0 aliphatic rings. The van der Waals surface area contributed by atoms with E-state index in [0.29, 0.717) is 0 Å². The topological polar surface area (TPSA) is 3.24 Å². The van der Waals surface area contributed by atoms with Gasteiger partial charge in [0.05, 0.1) is 0 Å². The minimum atomic E-state index is 0.819. The second kappa shape index (κ2) is 5.06. The number of nitrogens with zero attached hydrogens (tertiary/aromatic N) is 1. The molecule has 0 aliphatic carbocycles. The first-order chi connectivity index (χ1) is 6.65. The lowest BCUT2D eigenvalue weighted by atomic mass is 10.2. The maximum atomic E-state index is 6.04. The Bertz CT molecular complexity index is 331. The third-order valence-electron chi connectivity index (χ3n) is 2.13. The Hall–Kier alpha value is -0.950. The van der Waals surface area contributed by atoms with Crippen LogP contribution in [0.4, 0.5) is 5.69 Å². The van der Waals surface area contributed by atoms with Crippen molar-refractivity contribution in [3.63, 3.8) is 0 Å². The first-order valence-electron chi connectivity index (χ1n) is 4.80. The third-order valence-corrected chi connectivity index (χ3v) is 2.53. The predicted octanol–water partition coefficient (Wildman–Crippen LogP) is 4.01. The van der Waals surface area contributed by atoms with E-state index in [-0.39, 0.29) is 0 Å². The summed E-state index contributed by atoms with van der Waals surface area (Å²) in [5.41, 5.74) is 2.23. The molecule has 2 heteroatoms. The van der Waals surface area contributed by atoms with Gasteiger partial charge in [0.1, 0.15) is 0 Å². The number of aryl methyl sites for hydroxylation is 1. The van der Waals surface area contributed by atoms with E-state index in [1.807, 2.05) is 26.1 Å². The number of allylic oxidation sites excluding steroid dienone is 1. The first-order valence-corrected chi connectivity index (χ1v) is 5.18. The van der Waals surface area contributed by atoms with Crippen LogP contribution in [-0.4, -0.2) is 7.05 Å². The summed E-state index contributed by atoms with van der Waals surface area (Å²) in [4.78, 5) is 2.06. The molecule has 0 saturated carbocycles. The number of benzene rings is 1. The summed E-state index contributed by atoms with van der Waals surface area (Å²) in [5, 5.41) is 0.819. The standard InChI is InChI=1S/C12H16ClN/c1-4-5-8-14(3)11-7-6-10(2)12(13)9-11/h5-9H,4H2,1-3H3/b8-5-. The van der Waals surface area contributed by atoms with Crippen molar-refractivity contribution >= 4 is 17.3 Å². The molecule has 0 heterocycles. The van der Waals surface area contributed by atoms with Gasteiger partial charge in [-0.3, -0.25) is 0 Å². The minimum absolute atomic E-state index is 0.819. The van der Waals surface area contributed by atoms with Gasteiger partial charge in [0.25, 0.3) is 0 Å². The highest BCUT2D eigenvalue weighted by Gasteiger charge is 1.99. The molecule has 1 aromatic carbocycles. The van der Waals surface area contributed by atoms with Gasteiger partial charge in [-0.05, 0) is 37.2 Å². The minimum Gasteiger partial charge on any atom is -0.351 e. The molecule has 0 bridgehead atoms. The monoisotopic (exact) mass is 209 g/mol. The normalized spacial score (nSPS) is 10.9. The van der Waals surface area contributed by atoms with Crippen LogP contribution in [-0.2, 0) is 0 Å². The van der Waals surface area contributed by atoms with Gasteiger partial charge in [-0.25, -0.2) is 0 Å². The summed E-state index contributed by atoms with van der Waals surface area (Å²) >= 11 is 6.04. The zero-order chi connectivity index (χ0) is 10.6. The average molecular weight is 210 g/mol. The van der Waals surface area contributed by atoms with Crippen LogP contribution in [0.1, 0.15) is 18.9 Å². The van der Waals surface area contributed by atoms with Crippen molar-refractivity contribution in [3.05, 3.63) is 41.1 Å². The van der Waals surface area contributed by atoms with Gasteiger partial charge in [-0.2, -0.15) is 0 Å². The fourth-order valence-electron chi connectivity index (χ4n) is 1.15. The highest BCUT2D eigenvalue weighted by Crippen LogP contribution is 2.22. The van der Waals surface area contributed by atoms with Gasteiger partial charge in [-0.1, -0.05) is 30.7 Å². The summed E-state index contributed by atoms with van der Waals surface area (Å²) in [7, 11) is 2.02. The number of halogens is 1. The summed E-state index contributed by atoms with van der Waals surface area (Å²) in [5.74, 6) is 0. The van der Waals surface area contributed by atoms with E-state index in [0.717, 1.165) is 22.7 Å². The van der Waals surface area contributed by atoms with Crippen molar-refractivity contribution < 1.29 is 0 Å². The second-order valence-corrected chi connectivity index (χ2v) is 3.74. The smallest absolute Gasteiger partial charge is 0.0455 e. The van der Waals surface area contributed by atoms with E-state index in [1.165, 1.54) is 0 Å². The lowest BCUT2D eigenvalue weighted by Crippen LogP contribution is -2.07. The average Bonchev–Trinajstić information content (AvgIpc) is 2.18. The van der Waals surface area contributed by atoms with Gasteiger partial charge in [0.15, 0.2) is 0 Å². The number of anilines is 1. The quantitative estimate of drug-likeness (QED) is 0.727. The van der Waals surface area contributed by atoms with E-state index >= 15 is 0 Å². The van der Waals surface area contributed by atoms with Crippen molar-refractivity contribution in [2.45, 2.75) is 20.3 Å². The van der Waals surface area contributed by atoms with Crippen molar-refractivity contribution in [2.24, 2.45) is 0 Å². The van der Waals surface area contributed by atoms with E-state index in [4.69, 9.17) is 11.6 Å². The Morgan fingerprint density at radius 3 is 2.71 bits per heavy atom. The Morgan fingerprint density at radius 1 is 1.43 bits per heavy atom.